The quantitative estimate of drug-likeness (QED) is 0.682. The fourth-order valence-electron chi connectivity index (χ4n) is 3.46. The molecule has 2 aromatic heterocycles. The van der Waals surface area contributed by atoms with Crippen LogP contribution in [0.15, 0.2) is 35.8 Å². The smallest absolute Gasteiger partial charge is 0.222 e. The molecule has 0 unspecified atom stereocenters. The number of rotatable bonds is 4. The van der Waals surface area contributed by atoms with Gasteiger partial charge in [-0.25, -0.2) is 9.37 Å². The molecule has 3 aromatic rings. The number of aryl methyl sites for hydroxylation is 1. The van der Waals surface area contributed by atoms with E-state index in [0.717, 1.165) is 42.5 Å². The van der Waals surface area contributed by atoms with E-state index in [1.54, 1.807) is 12.1 Å². The number of benzene rings is 1. The van der Waals surface area contributed by atoms with E-state index in [4.69, 9.17) is 0 Å². The summed E-state index contributed by atoms with van der Waals surface area (Å²) in [5.41, 5.74) is 2.19. The molecule has 1 aliphatic heterocycles. The number of hydrogen-bond acceptors (Lipinski definition) is 3. The Balaban J connectivity index is 1.47. The van der Waals surface area contributed by atoms with Gasteiger partial charge in [0.15, 0.2) is 4.96 Å². The molecule has 0 saturated carbocycles. The molecular formula is C20H22FN3OS. The van der Waals surface area contributed by atoms with Crippen LogP contribution in [0.3, 0.4) is 0 Å². The van der Waals surface area contributed by atoms with Crippen molar-refractivity contribution in [2.75, 3.05) is 13.1 Å². The van der Waals surface area contributed by atoms with Crippen LogP contribution in [-0.4, -0.2) is 33.3 Å². The van der Waals surface area contributed by atoms with E-state index < -0.39 is 0 Å². The van der Waals surface area contributed by atoms with Gasteiger partial charge in [-0.15, -0.1) is 11.3 Å². The normalized spacial score (nSPS) is 15.7. The van der Waals surface area contributed by atoms with Gasteiger partial charge in [-0.3, -0.25) is 9.20 Å². The van der Waals surface area contributed by atoms with Crippen LogP contribution in [0.2, 0.25) is 0 Å². The van der Waals surface area contributed by atoms with Crippen LogP contribution < -0.4 is 0 Å². The van der Waals surface area contributed by atoms with Gasteiger partial charge in [-0.1, -0.05) is 19.1 Å². The lowest BCUT2D eigenvalue weighted by Gasteiger charge is -2.30. The number of amides is 1. The highest BCUT2D eigenvalue weighted by atomic mass is 32.1. The monoisotopic (exact) mass is 371 g/mol. The Kier molecular flexibility index (Phi) is 4.76. The second-order valence-electron chi connectivity index (χ2n) is 7.05. The van der Waals surface area contributed by atoms with E-state index in [9.17, 15) is 9.18 Å². The first-order valence-electron chi connectivity index (χ1n) is 9.10. The molecule has 3 heterocycles. The van der Waals surface area contributed by atoms with E-state index in [-0.39, 0.29) is 11.7 Å². The van der Waals surface area contributed by atoms with Crippen LogP contribution in [0.25, 0.3) is 16.2 Å². The number of piperidine rings is 1. The molecule has 1 aliphatic rings. The third-order valence-corrected chi connectivity index (χ3v) is 6.05. The number of carbonyl (C=O) groups is 1. The number of thiazole rings is 1. The lowest BCUT2D eigenvalue weighted by molar-refractivity contribution is -0.132. The summed E-state index contributed by atoms with van der Waals surface area (Å²) in [5.74, 6) is 0.679. The number of carbonyl (C=O) groups excluding carboxylic acids is 1. The maximum Gasteiger partial charge on any atom is 0.222 e. The molecule has 0 atom stereocenters. The van der Waals surface area contributed by atoms with Crippen molar-refractivity contribution in [3.63, 3.8) is 0 Å². The van der Waals surface area contributed by atoms with Gasteiger partial charge in [-0.2, -0.15) is 0 Å². The summed E-state index contributed by atoms with van der Waals surface area (Å²) in [6.07, 6.45) is 5.25. The first kappa shape index (κ1) is 17.2. The van der Waals surface area contributed by atoms with Crippen molar-refractivity contribution in [2.45, 2.75) is 32.6 Å². The Bertz CT molecular complexity index is 924. The molecule has 1 aromatic carbocycles. The van der Waals surface area contributed by atoms with Gasteiger partial charge < -0.3 is 4.90 Å². The maximum absolute atomic E-state index is 14.0. The van der Waals surface area contributed by atoms with Crippen molar-refractivity contribution in [3.8, 4) is 11.3 Å². The Morgan fingerprint density at radius 3 is 2.85 bits per heavy atom. The minimum atomic E-state index is -0.269. The summed E-state index contributed by atoms with van der Waals surface area (Å²) in [5, 5.41) is 2.04. The largest absolute Gasteiger partial charge is 0.343 e. The summed E-state index contributed by atoms with van der Waals surface area (Å²) >= 11 is 1.53. The Morgan fingerprint density at radius 1 is 1.31 bits per heavy atom. The zero-order chi connectivity index (χ0) is 18.1. The van der Waals surface area contributed by atoms with Crippen LogP contribution >= 0.6 is 11.3 Å². The van der Waals surface area contributed by atoms with E-state index in [1.165, 1.54) is 17.4 Å². The standard InChI is InChI=1S/C20H22FN3OS/c1-14-8-10-23(11-9-14)19(25)7-6-15-13-26-20-22-18(12-24(15)20)16-4-2-3-5-17(16)21/h2-5,12-14H,6-11H2,1H3. The highest BCUT2D eigenvalue weighted by Gasteiger charge is 2.20. The zero-order valence-corrected chi connectivity index (χ0v) is 15.6. The minimum absolute atomic E-state index is 0.227. The number of hydrogen-bond donors (Lipinski definition) is 0. The topological polar surface area (TPSA) is 37.6 Å². The number of fused-ring (bicyclic) bond motifs is 1. The highest BCUT2D eigenvalue weighted by molar-refractivity contribution is 7.15. The van der Waals surface area contributed by atoms with Crippen LogP contribution in [0.4, 0.5) is 4.39 Å². The van der Waals surface area contributed by atoms with Gasteiger partial charge in [0, 0.05) is 42.3 Å². The Morgan fingerprint density at radius 2 is 2.08 bits per heavy atom. The number of aromatic nitrogens is 2. The van der Waals surface area contributed by atoms with Gasteiger partial charge in [-0.05, 0) is 37.3 Å². The summed E-state index contributed by atoms with van der Waals surface area (Å²) in [7, 11) is 0. The minimum Gasteiger partial charge on any atom is -0.343 e. The lowest BCUT2D eigenvalue weighted by atomic mass is 9.99. The Hall–Kier alpha value is -2.21. The van der Waals surface area contributed by atoms with Gasteiger partial charge in [0.2, 0.25) is 5.91 Å². The van der Waals surface area contributed by atoms with Crippen molar-refractivity contribution in [2.24, 2.45) is 5.92 Å². The molecule has 6 heteroatoms. The van der Waals surface area contributed by atoms with E-state index in [2.05, 4.69) is 11.9 Å². The first-order chi connectivity index (χ1) is 12.6. The fraction of sp³-hybridized carbons (Fsp3) is 0.400. The molecule has 1 saturated heterocycles. The van der Waals surface area contributed by atoms with Crippen LogP contribution in [0.1, 0.15) is 31.9 Å². The highest BCUT2D eigenvalue weighted by Crippen LogP contribution is 2.26. The average Bonchev–Trinajstić information content (AvgIpc) is 3.21. The second kappa shape index (κ2) is 7.19. The fourth-order valence-corrected chi connectivity index (χ4v) is 4.37. The van der Waals surface area contributed by atoms with Crippen LogP contribution in [0, 0.1) is 11.7 Å². The SMILES string of the molecule is CC1CCN(C(=O)CCc2csc3nc(-c4ccccc4F)cn23)CC1. The first-order valence-corrected chi connectivity index (χ1v) is 9.98. The maximum atomic E-state index is 14.0. The zero-order valence-electron chi connectivity index (χ0n) is 14.8. The van der Waals surface area contributed by atoms with Gasteiger partial charge >= 0.3 is 0 Å². The molecule has 1 fully saturated rings. The number of imidazole rings is 1. The van der Waals surface area contributed by atoms with Crippen molar-refractivity contribution in [1.82, 2.24) is 14.3 Å². The van der Waals surface area contributed by atoms with Gasteiger partial charge in [0.1, 0.15) is 5.82 Å². The second-order valence-corrected chi connectivity index (χ2v) is 7.89. The Labute approximate surface area is 156 Å². The molecule has 26 heavy (non-hydrogen) atoms. The number of likely N-dealkylation sites (tertiary alicyclic amines) is 1. The van der Waals surface area contributed by atoms with Gasteiger partial charge in [0.05, 0.1) is 5.69 Å². The summed E-state index contributed by atoms with van der Waals surface area (Å²) in [6.45, 7) is 4.00. The van der Waals surface area contributed by atoms with Crippen LogP contribution in [0.5, 0.6) is 0 Å². The third kappa shape index (κ3) is 3.38. The van der Waals surface area contributed by atoms with E-state index >= 15 is 0 Å². The molecule has 0 bridgehead atoms. The molecule has 4 nitrogen and oxygen atoms in total. The van der Waals surface area contributed by atoms with Crippen molar-refractivity contribution >= 4 is 22.2 Å². The molecule has 1 amide bonds. The van der Waals surface area contributed by atoms with Crippen molar-refractivity contribution < 1.29 is 9.18 Å². The van der Waals surface area contributed by atoms with Crippen molar-refractivity contribution in [1.29, 1.82) is 0 Å². The molecule has 4 rings (SSSR count). The van der Waals surface area contributed by atoms with Crippen LogP contribution in [-0.2, 0) is 11.2 Å². The predicted octanol–water partition coefficient (Wildman–Crippen LogP) is 4.39. The average molecular weight is 371 g/mol. The van der Waals surface area contributed by atoms with Crippen molar-refractivity contribution in [3.05, 3.63) is 47.4 Å². The summed E-state index contributed by atoms with van der Waals surface area (Å²) in [6, 6.07) is 6.67. The number of nitrogens with zero attached hydrogens (tertiary/aromatic N) is 3. The summed E-state index contributed by atoms with van der Waals surface area (Å²) < 4.78 is 16.0. The van der Waals surface area contributed by atoms with E-state index in [0.29, 0.717) is 24.1 Å². The molecule has 0 aliphatic carbocycles. The molecule has 0 spiro atoms. The summed E-state index contributed by atoms with van der Waals surface area (Å²) in [4.78, 5) is 19.8. The van der Waals surface area contributed by atoms with Gasteiger partial charge in [0.25, 0.3) is 0 Å². The number of halogens is 1. The lowest BCUT2D eigenvalue weighted by Crippen LogP contribution is -2.38. The molecule has 136 valence electrons. The third-order valence-electron chi connectivity index (χ3n) is 5.16. The predicted molar refractivity (Wildman–Crippen MR) is 102 cm³/mol. The molecule has 0 N–H and O–H groups in total. The molecular weight excluding hydrogens is 349 g/mol. The molecule has 0 radical (unpaired) electrons. The van der Waals surface area contributed by atoms with E-state index in [1.807, 2.05) is 26.9 Å².